The van der Waals surface area contributed by atoms with Gasteiger partial charge in [0.1, 0.15) is 6.29 Å². The zero-order valence-corrected chi connectivity index (χ0v) is 18.9. The Kier molecular flexibility index (Phi) is 5.76. The second-order valence-electron chi connectivity index (χ2n) is 8.88. The highest BCUT2D eigenvalue weighted by atomic mass is 32.2. The van der Waals surface area contributed by atoms with Crippen LogP contribution < -0.4 is 0 Å². The lowest BCUT2D eigenvalue weighted by Crippen LogP contribution is -2.37. The summed E-state index contributed by atoms with van der Waals surface area (Å²) in [5.41, 5.74) is 2.86. The van der Waals surface area contributed by atoms with E-state index in [-0.39, 0.29) is 17.0 Å². The van der Waals surface area contributed by atoms with Gasteiger partial charge >= 0.3 is 0 Å². The fraction of sp³-hybridized carbons (Fsp3) is 0.407. The van der Waals surface area contributed by atoms with Gasteiger partial charge < -0.3 is 4.79 Å². The van der Waals surface area contributed by atoms with E-state index in [1.807, 2.05) is 55.1 Å². The van der Waals surface area contributed by atoms with Crippen molar-refractivity contribution in [3.63, 3.8) is 0 Å². The number of unbranched alkanes of at least 4 members (excludes halogenated alkanes) is 2. The first-order chi connectivity index (χ1) is 14.5. The van der Waals surface area contributed by atoms with Crippen molar-refractivity contribution < 1.29 is 9.59 Å². The summed E-state index contributed by atoms with van der Waals surface area (Å²) < 4.78 is 0. The number of aldehydes is 1. The summed E-state index contributed by atoms with van der Waals surface area (Å²) in [4.78, 5) is 26.5. The molecule has 2 bridgehead atoms. The van der Waals surface area contributed by atoms with Crippen molar-refractivity contribution in [3.05, 3.63) is 71.8 Å². The largest absolute Gasteiger partial charge is 0.303 e. The molecule has 0 radical (unpaired) electrons. The number of thioether (sulfide) groups is 1. The van der Waals surface area contributed by atoms with E-state index in [0.717, 1.165) is 40.7 Å². The number of benzene rings is 2. The Morgan fingerprint density at radius 2 is 1.40 bits per heavy atom. The molecule has 2 aliphatic carbocycles. The zero-order chi connectivity index (χ0) is 21.4. The molecule has 0 saturated heterocycles. The van der Waals surface area contributed by atoms with Crippen LogP contribution in [-0.4, -0.2) is 23.1 Å². The van der Waals surface area contributed by atoms with Crippen LogP contribution in [0.4, 0.5) is 0 Å². The minimum Gasteiger partial charge on any atom is -0.303 e. The lowest BCUT2D eigenvalue weighted by Gasteiger charge is -2.39. The van der Waals surface area contributed by atoms with Gasteiger partial charge in [-0.2, -0.15) is 11.8 Å². The number of hydrogen-bond acceptors (Lipinski definition) is 3. The molecule has 1 saturated carbocycles. The number of allylic oxidation sites excluding steroid dienone is 2. The third-order valence-corrected chi connectivity index (χ3v) is 8.76. The van der Waals surface area contributed by atoms with E-state index in [1.54, 1.807) is 0 Å². The lowest BCUT2D eigenvalue weighted by atomic mass is 9.67. The fourth-order valence-corrected chi connectivity index (χ4v) is 7.40. The molecule has 2 aromatic rings. The van der Waals surface area contributed by atoms with E-state index < -0.39 is 10.8 Å². The number of hydrogen-bond donors (Lipinski definition) is 0. The van der Waals surface area contributed by atoms with Crippen LogP contribution in [0.15, 0.2) is 60.7 Å². The second kappa shape index (κ2) is 8.19. The van der Waals surface area contributed by atoms with Crippen LogP contribution in [0.3, 0.4) is 0 Å². The smallest absolute Gasteiger partial charge is 0.155 e. The standard InChI is InChI=1S/C27H30O2S/c1-4-5-12-17-30-24-21(18-28)26(2)22(19-13-8-6-9-14-19)23(27(24,3)25(26)29)20-15-10-7-11-16-20/h6-11,13-16,18,21,24H,4-5,12,17H2,1-3H3. The van der Waals surface area contributed by atoms with Crippen LogP contribution in [0.2, 0.25) is 0 Å². The van der Waals surface area contributed by atoms with Crippen LogP contribution in [-0.2, 0) is 9.59 Å². The van der Waals surface area contributed by atoms with E-state index in [0.29, 0.717) is 0 Å². The van der Waals surface area contributed by atoms with Crippen molar-refractivity contribution >= 4 is 35.0 Å². The molecule has 2 aromatic carbocycles. The second-order valence-corrected chi connectivity index (χ2v) is 10.1. The Labute approximate surface area is 184 Å². The number of carbonyl (C=O) groups excluding carboxylic acids is 2. The molecule has 3 heteroatoms. The molecule has 4 atom stereocenters. The maximum absolute atomic E-state index is 14.0. The predicted molar refractivity (Wildman–Crippen MR) is 126 cm³/mol. The summed E-state index contributed by atoms with van der Waals surface area (Å²) in [6.07, 6.45) is 4.54. The van der Waals surface area contributed by atoms with Gasteiger partial charge in [-0.15, -0.1) is 0 Å². The Balaban J connectivity index is 1.92. The van der Waals surface area contributed by atoms with Crippen LogP contribution >= 0.6 is 11.8 Å². The number of Topliss-reactive ketones (excluding diaryl/α,β-unsaturated/α-hetero) is 1. The Hall–Kier alpha value is -2.13. The average Bonchev–Trinajstić information content (AvgIpc) is 3.06. The first-order valence-electron chi connectivity index (χ1n) is 11.0. The van der Waals surface area contributed by atoms with Gasteiger partial charge in [0, 0.05) is 11.2 Å². The average molecular weight is 419 g/mol. The highest BCUT2D eigenvalue weighted by molar-refractivity contribution is 8.00. The third kappa shape index (κ3) is 2.93. The Bertz CT molecular complexity index is 965. The predicted octanol–water partition coefficient (Wildman–Crippen LogP) is 6.31. The molecular weight excluding hydrogens is 388 g/mol. The minimum atomic E-state index is -0.786. The molecular formula is C27H30O2S. The summed E-state index contributed by atoms with van der Waals surface area (Å²) in [6.45, 7) is 6.30. The summed E-state index contributed by atoms with van der Waals surface area (Å²) in [7, 11) is 0. The zero-order valence-electron chi connectivity index (χ0n) is 18.1. The Morgan fingerprint density at radius 1 is 0.867 bits per heavy atom. The summed E-state index contributed by atoms with van der Waals surface area (Å²) in [6, 6.07) is 20.5. The molecule has 30 heavy (non-hydrogen) atoms. The molecule has 0 N–H and O–H groups in total. The number of rotatable bonds is 8. The SMILES string of the molecule is CCCCCSC1C(C=O)C2(C)C(=O)C1(C)C(c1ccccc1)=C2c1ccccc1. The molecule has 2 nitrogen and oxygen atoms in total. The van der Waals surface area contributed by atoms with Gasteiger partial charge in [-0.1, -0.05) is 80.4 Å². The highest BCUT2D eigenvalue weighted by Crippen LogP contribution is 2.71. The maximum atomic E-state index is 14.0. The molecule has 0 aromatic heterocycles. The van der Waals surface area contributed by atoms with Gasteiger partial charge in [-0.05, 0) is 48.3 Å². The normalized spacial score (nSPS) is 30.2. The van der Waals surface area contributed by atoms with Crippen LogP contribution in [0.1, 0.15) is 51.2 Å². The third-order valence-electron chi connectivity index (χ3n) is 7.11. The van der Waals surface area contributed by atoms with Crippen LogP contribution in [0.25, 0.3) is 11.1 Å². The van der Waals surface area contributed by atoms with E-state index >= 15 is 0 Å². The number of fused-ring (bicyclic) bond motifs is 2. The number of ketones is 1. The topological polar surface area (TPSA) is 34.1 Å². The van der Waals surface area contributed by atoms with Crippen LogP contribution in [0.5, 0.6) is 0 Å². The van der Waals surface area contributed by atoms with Gasteiger partial charge in [0.15, 0.2) is 5.78 Å². The molecule has 0 heterocycles. The first kappa shape index (κ1) is 21.1. The van der Waals surface area contributed by atoms with Crippen molar-refractivity contribution in [1.82, 2.24) is 0 Å². The highest BCUT2D eigenvalue weighted by Gasteiger charge is 2.72. The Morgan fingerprint density at radius 3 is 1.90 bits per heavy atom. The van der Waals surface area contributed by atoms with Crippen LogP contribution in [0, 0.1) is 16.7 Å². The summed E-state index contributed by atoms with van der Waals surface area (Å²) in [5.74, 6) is 0.895. The molecule has 156 valence electrons. The van der Waals surface area contributed by atoms with Crippen molar-refractivity contribution in [2.45, 2.75) is 45.3 Å². The van der Waals surface area contributed by atoms with E-state index in [1.165, 1.54) is 12.8 Å². The van der Waals surface area contributed by atoms with E-state index in [4.69, 9.17) is 0 Å². The molecule has 2 aliphatic rings. The molecule has 4 rings (SSSR count). The summed E-state index contributed by atoms with van der Waals surface area (Å²) in [5, 5.41) is -0.0213. The van der Waals surface area contributed by atoms with Crippen molar-refractivity contribution in [2.75, 3.05) is 5.75 Å². The first-order valence-corrected chi connectivity index (χ1v) is 12.0. The number of carbonyl (C=O) groups is 2. The van der Waals surface area contributed by atoms with Crippen molar-refractivity contribution in [3.8, 4) is 0 Å². The van der Waals surface area contributed by atoms with Gasteiger partial charge in [-0.3, -0.25) is 4.79 Å². The van der Waals surface area contributed by atoms with Crippen molar-refractivity contribution in [1.29, 1.82) is 0 Å². The van der Waals surface area contributed by atoms with Gasteiger partial charge in [0.25, 0.3) is 0 Å². The minimum absolute atomic E-state index is 0.0213. The quantitative estimate of drug-likeness (QED) is 0.372. The van der Waals surface area contributed by atoms with E-state index in [2.05, 4.69) is 38.1 Å². The lowest BCUT2D eigenvalue weighted by molar-refractivity contribution is -0.128. The molecule has 1 fully saturated rings. The molecule has 4 unspecified atom stereocenters. The summed E-state index contributed by atoms with van der Waals surface area (Å²) >= 11 is 1.83. The molecule has 0 amide bonds. The van der Waals surface area contributed by atoms with Gasteiger partial charge in [0.05, 0.1) is 10.8 Å². The van der Waals surface area contributed by atoms with Gasteiger partial charge in [0.2, 0.25) is 0 Å². The van der Waals surface area contributed by atoms with Gasteiger partial charge in [-0.25, -0.2) is 0 Å². The van der Waals surface area contributed by atoms with Crippen molar-refractivity contribution in [2.24, 2.45) is 16.7 Å². The monoisotopic (exact) mass is 418 g/mol. The molecule has 0 aliphatic heterocycles. The van der Waals surface area contributed by atoms with E-state index in [9.17, 15) is 9.59 Å². The molecule has 0 spiro atoms. The fourth-order valence-electron chi connectivity index (χ4n) is 5.68. The maximum Gasteiger partial charge on any atom is 0.155 e.